The summed E-state index contributed by atoms with van der Waals surface area (Å²) >= 11 is 0. The molecular formula is C16H18BrN7O2S. The Morgan fingerprint density at radius 3 is 2.85 bits per heavy atom. The number of aromatic amines is 1. The number of nitriles is 1. The number of hydrogen-bond donors (Lipinski definition) is 1. The van der Waals surface area contributed by atoms with Crippen molar-refractivity contribution in [2.75, 3.05) is 18.8 Å². The van der Waals surface area contributed by atoms with Gasteiger partial charge in [0.05, 0.1) is 30.1 Å². The summed E-state index contributed by atoms with van der Waals surface area (Å²) in [6, 6.07) is 4.06. The van der Waals surface area contributed by atoms with Crippen molar-refractivity contribution >= 4 is 38.0 Å². The summed E-state index contributed by atoms with van der Waals surface area (Å²) in [6.45, 7) is 2.12. The largest absolute Gasteiger partial charge is 0.346 e. The quantitative estimate of drug-likeness (QED) is 0.629. The molecule has 1 saturated heterocycles. The van der Waals surface area contributed by atoms with E-state index >= 15 is 0 Å². The van der Waals surface area contributed by atoms with Crippen molar-refractivity contribution in [3.8, 4) is 17.3 Å². The summed E-state index contributed by atoms with van der Waals surface area (Å²) in [5.74, 6) is 0.0480. The molecule has 1 aliphatic heterocycles. The molecule has 1 fully saturated rings. The summed E-state index contributed by atoms with van der Waals surface area (Å²) in [5.41, 5.74) is 1.64. The fourth-order valence-electron chi connectivity index (χ4n) is 3.28. The molecule has 0 aromatic carbocycles. The molecule has 4 heterocycles. The Labute approximate surface area is 166 Å². The predicted molar refractivity (Wildman–Crippen MR) is 105 cm³/mol. The highest BCUT2D eigenvalue weighted by Gasteiger charge is 2.49. The van der Waals surface area contributed by atoms with E-state index in [1.165, 1.54) is 10.6 Å². The van der Waals surface area contributed by atoms with E-state index in [1.54, 1.807) is 24.0 Å². The highest BCUT2D eigenvalue weighted by atomic mass is 79.9. The van der Waals surface area contributed by atoms with Crippen LogP contribution >= 0.6 is 17.0 Å². The predicted octanol–water partition coefficient (Wildman–Crippen LogP) is 1.67. The maximum absolute atomic E-state index is 12.0. The van der Waals surface area contributed by atoms with E-state index in [0.717, 1.165) is 22.3 Å². The van der Waals surface area contributed by atoms with Crippen LogP contribution in [0.15, 0.2) is 31.0 Å². The first-order valence-corrected chi connectivity index (χ1v) is 9.78. The maximum Gasteiger partial charge on any atom is 0.213 e. The van der Waals surface area contributed by atoms with E-state index in [0.29, 0.717) is 0 Å². The standard InChI is InChI=1S/C16H17N7O2S.BrH/c1-2-26(24,25)22-9-16(10-22,4-5-17)23-8-12(7-21-23)14-13-3-6-18-15(13)20-11-19-14;/h3,6-8,11H,2,4,9-10H2,1H3,(H,18,19,20);1H. The molecule has 1 aliphatic rings. The van der Waals surface area contributed by atoms with E-state index in [9.17, 15) is 13.7 Å². The van der Waals surface area contributed by atoms with Crippen molar-refractivity contribution < 1.29 is 8.42 Å². The number of aromatic nitrogens is 5. The Kier molecular flexibility index (Phi) is 5.07. The molecule has 0 aliphatic carbocycles. The SMILES string of the molecule is Br.CCS(=O)(=O)N1CC(CC#N)(n2cc(-c3ncnc4[nH]ccc34)cn2)C1. The zero-order valence-electron chi connectivity index (χ0n) is 14.5. The van der Waals surface area contributed by atoms with Gasteiger partial charge in [0.1, 0.15) is 17.5 Å². The molecule has 11 heteroatoms. The fourth-order valence-corrected chi connectivity index (χ4v) is 4.52. The van der Waals surface area contributed by atoms with Gasteiger partial charge in [-0.1, -0.05) is 0 Å². The molecule has 9 nitrogen and oxygen atoms in total. The molecule has 0 atom stereocenters. The van der Waals surface area contributed by atoms with Crippen LogP contribution in [0.25, 0.3) is 22.3 Å². The molecule has 0 radical (unpaired) electrons. The second-order valence-corrected chi connectivity index (χ2v) is 8.62. The van der Waals surface area contributed by atoms with Crippen LogP contribution in [0.3, 0.4) is 0 Å². The Morgan fingerprint density at radius 1 is 1.37 bits per heavy atom. The van der Waals surface area contributed by atoms with E-state index in [-0.39, 0.29) is 42.2 Å². The lowest BCUT2D eigenvalue weighted by atomic mass is 9.89. The van der Waals surface area contributed by atoms with Crippen LogP contribution in [0, 0.1) is 11.3 Å². The number of sulfonamides is 1. The molecule has 3 aromatic heterocycles. The normalized spacial score (nSPS) is 16.4. The van der Waals surface area contributed by atoms with E-state index in [1.807, 2.05) is 12.3 Å². The lowest BCUT2D eigenvalue weighted by molar-refractivity contribution is 0.0719. The second-order valence-electron chi connectivity index (χ2n) is 6.36. The maximum atomic E-state index is 12.0. The highest BCUT2D eigenvalue weighted by Crippen LogP contribution is 2.35. The van der Waals surface area contributed by atoms with Crippen LogP contribution < -0.4 is 0 Å². The van der Waals surface area contributed by atoms with E-state index < -0.39 is 15.6 Å². The average molecular weight is 452 g/mol. The number of halogens is 1. The number of nitrogens with one attached hydrogen (secondary N) is 1. The molecule has 1 N–H and O–H groups in total. The third kappa shape index (κ3) is 3.13. The van der Waals surface area contributed by atoms with Crippen molar-refractivity contribution in [1.29, 1.82) is 5.26 Å². The molecule has 0 unspecified atom stereocenters. The number of hydrogen-bond acceptors (Lipinski definition) is 6. The first-order chi connectivity index (χ1) is 12.5. The molecule has 4 rings (SSSR count). The molecule has 0 saturated carbocycles. The van der Waals surface area contributed by atoms with Gasteiger partial charge >= 0.3 is 0 Å². The lowest BCUT2D eigenvalue weighted by Crippen LogP contribution is -2.64. The van der Waals surface area contributed by atoms with Gasteiger partial charge in [-0.25, -0.2) is 18.4 Å². The first-order valence-electron chi connectivity index (χ1n) is 8.17. The van der Waals surface area contributed by atoms with Crippen molar-refractivity contribution in [3.05, 3.63) is 31.0 Å². The summed E-state index contributed by atoms with van der Waals surface area (Å²) in [6.07, 6.45) is 6.97. The number of fused-ring (bicyclic) bond motifs is 1. The van der Waals surface area contributed by atoms with Gasteiger partial charge in [0.25, 0.3) is 0 Å². The summed E-state index contributed by atoms with van der Waals surface area (Å²) in [5, 5.41) is 14.5. The minimum absolute atomic E-state index is 0. The fraction of sp³-hybridized carbons (Fsp3) is 0.375. The number of H-pyrrole nitrogens is 1. The summed E-state index contributed by atoms with van der Waals surface area (Å²) in [4.78, 5) is 11.6. The van der Waals surface area contributed by atoms with Crippen LogP contribution in [0.2, 0.25) is 0 Å². The molecule has 3 aromatic rings. The molecule has 0 spiro atoms. The van der Waals surface area contributed by atoms with E-state index in [4.69, 9.17) is 0 Å². The van der Waals surface area contributed by atoms with Crippen LogP contribution in [0.5, 0.6) is 0 Å². The summed E-state index contributed by atoms with van der Waals surface area (Å²) < 4.78 is 27.2. The van der Waals surface area contributed by atoms with Crippen molar-refractivity contribution in [3.63, 3.8) is 0 Å². The highest BCUT2D eigenvalue weighted by molar-refractivity contribution is 8.93. The van der Waals surface area contributed by atoms with E-state index in [2.05, 4.69) is 26.1 Å². The van der Waals surface area contributed by atoms with Crippen molar-refractivity contribution in [2.24, 2.45) is 0 Å². The Hall–Kier alpha value is -2.29. The number of rotatable bonds is 5. The first kappa shape index (κ1) is 19.5. The van der Waals surface area contributed by atoms with Crippen LogP contribution in [0.4, 0.5) is 0 Å². The molecule has 27 heavy (non-hydrogen) atoms. The third-order valence-electron chi connectivity index (χ3n) is 4.80. The minimum atomic E-state index is -3.27. The van der Waals surface area contributed by atoms with Gasteiger partial charge < -0.3 is 4.98 Å². The van der Waals surface area contributed by atoms with Gasteiger partial charge in [-0.2, -0.15) is 14.7 Å². The van der Waals surface area contributed by atoms with Gasteiger partial charge in [-0.3, -0.25) is 4.68 Å². The molecule has 0 bridgehead atoms. The lowest BCUT2D eigenvalue weighted by Gasteiger charge is -2.47. The third-order valence-corrected chi connectivity index (χ3v) is 6.58. The van der Waals surface area contributed by atoms with Crippen LogP contribution in [0.1, 0.15) is 13.3 Å². The van der Waals surface area contributed by atoms with Crippen LogP contribution in [-0.4, -0.2) is 56.3 Å². The van der Waals surface area contributed by atoms with Gasteiger partial charge in [0, 0.05) is 36.4 Å². The van der Waals surface area contributed by atoms with Crippen LogP contribution in [-0.2, 0) is 15.6 Å². The van der Waals surface area contributed by atoms with Gasteiger partial charge in [0.2, 0.25) is 10.0 Å². The smallest absolute Gasteiger partial charge is 0.213 e. The molecule has 0 amide bonds. The monoisotopic (exact) mass is 451 g/mol. The average Bonchev–Trinajstić information content (AvgIpc) is 3.26. The summed E-state index contributed by atoms with van der Waals surface area (Å²) in [7, 11) is -3.27. The Balaban J connectivity index is 0.00000210. The zero-order chi connectivity index (χ0) is 18.4. The van der Waals surface area contributed by atoms with Gasteiger partial charge in [0.15, 0.2) is 0 Å². The molecular weight excluding hydrogens is 434 g/mol. The number of nitrogens with zero attached hydrogens (tertiary/aromatic N) is 6. The topological polar surface area (TPSA) is 121 Å². The van der Waals surface area contributed by atoms with Gasteiger partial charge in [-0.15, -0.1) is 17.0 Å². The second kappa shape index (κ2) is 7.03. The van der Waals surface area contributed by atoms with Crippen molar-refractivity contribution in [1.82, 2.24) is 29.0 Å². The Bertz CT molecular complexity index is 1110. The zero-order valence-corrected chi connectivity index (χ0v) is 17.1. The van der Waals surface area contributed by atoms with Gasteiger partial charge in [-0.05, 0) is 13.0 Å². The molecule has 142 valence electrons. The Morgan fingerprint density at radius 2 is 2.15 bits per heavy atom. The minimum Gasteiger partial charge on any atom is -0.346 e. The van der Waals surface area contributed by atoms with Crippen molar-refractivity contribution in [2.45, 2.75) is 18.9 Å².